The van der Waals surface area contributed by atoms with Crippen LogP contribution < -0.4 is 3.71 Å². The van der Waals surface area contributed by atoms with E-state index in [9.17, 15) is 21.6 Å². The number of benzene rings is 1. The largest absolute Gasteiger partial charge is 0.343 e. The van der Waals surface area contributed by atoms with Gasteiger partial charge in [-0.25, -0.2) is 16.8 Å². The number of carbonyl (C=O) groups is 1. The molecule has 8 nitrogen and oxygen atoms in total. The smallest absolute Gasteiger partial charge is 0.248 e. The van der Waals surface area contributed by atoms with Gasteiger partial charge in [0.25, 0.3) is 0 Å². The fourth-order valence-electron chi connectivity index (χ4n) is 3.28. The Hall–Kier alpha value is -2.72. The fraction of sp³-hybridized carbons (Fsp3) is 0.263. The molecule has 0 saturated carbocycles. The van der Waals surface area contributed by atoms with Crippen molar-refractivity contribution in [2.24, 2.45) is 7.05 Å². The summed E-state index contributed by atoms with van der Waals surface area (Å²) in [6.45, 7) is 2.75. The molecule has 0 aliphatic rings. The van der Waals surface area contributed by atoms with Gasteiger partial charge in [-0.1, -0.05) is 18.2 Å². The fourth-order valence-corrected chi connectivity index (χ4v) is 6.60. The van der Waals surface area contributed by atoms with Gasteiger partial charge >= 0.3 is 0 Å². The van der Waals surface area contributed by atoms with Crippen molar-refractivity contribution in [2.75, 3.05) is 15.2 Å². The monoisotopic (exact) mass is 435 g/mol. The molecule has 0 radical (unpaired) electrons. The third kappa shape index (κ3) is 3.53. The molecule has 0 saturated heterocycles. The van der Waals surface area contributed by atoms with E-state index in [4.69, 9.17) is 0 Å². The summed E-state index contributed by atoms with van der Waals surface area (Å²) in [5.74, 6) is -0.770. The van der Waals surface area contributed by atoms with Gasteiger partial charge < -0.3 is 4.57 Å². The minimum atomic E-state index is -4.10. The summed E-state index contributed by atoms with van der Waals surface area (Å²) in [5.41, 5.74) is 2.11. The van der Waals surface area contributed by atoms with Crippen molar-refractivity contribution in [1.29, 1.82) is 0 Å². The molecule has 0 amide bonds. The number of aryl methyl sites for hydroxylation is 1. The average Bonchev–Trinajstić information content (AvgIpc) is 3.00. The number of carbonyl (C=O) groups excluding carboxylic acids is 1. The molecular formula is C19H21N3O5S2. The predicted molar refractivity (Wildman–Crippen MR) is 113 cm³/mol. The first-order valence-electron chi connectivity index (χ1n) is 8.91. The first kappa shape index (κ1) is 21.0. The number of para-hydroxylation sites is 1. The van der Waals surface area contributed by atoms with Crippen molar-refractivity contribution in [1.82, 2.24) is 9.55 Å². The molecule has 3 rings (SSSR count). The van der Waals surface area contributed by atoms with Gasteiger partial charge in [-0.05, 0) is 26.0 Å². The van der Waals surface area contributed by atoms with Crippen molar-refractivity contribution >= 4 is 42.9 Å². The second kappa shape index (κ2) is 7.60. The second-order valence-electron chi connectivity index (χ2n) is 6.39. The number of aldehydes is 1. The quantitative estimate of drug-likeness (QED) is 0.528. The summed E-state index contributed by atoms with van der Waals surface area (Å²) in [4.78, 5) is 15.9. The Bertz CT molecular complexity index is 1260. The Morgan fingerprint density at radius 3 is 2.24 bits per heavy atom. The van der Waals surface area contributed by atoms with Gasteiger partial charge in [-0.2, -0.15) is 3.71 Å². The number of fused-ring (bicyclic) bond motifs is 1. The van der Waals surface area contributed by atoms with E-state index in [1.807, 2.05) is 24.3 Å². The summed E-state index contributed by atoms with van der Waals surface area (Å²) in [7, 11) is -6.43. The van der Waals surface area contributed by atoms with Crippen molar-refractivity contribution in [3.8, 4) is 11.3 Å². The van der Waals surface area contributed by atoms with Crippen LogP contribution in [0.5, 0.6) is 0 Å². The van der Waals surface area contributed by atoms with E-state index in [2.05, 4.69) is 4.98 Å². The number of hydrogen-bond acceptors (Lipinski definition) is 6. The maximum absolute atomic E-state index is 12.5. The number of rotatable bonds is 7. The molecule has 0 bridgehead atoms. The number of aromatic nitrogens is 2. The molecule has 0 aliphatic carbocycles. The van der Waals surface area contributed by atoms with Gasteiger partial charge in [-0.15, -0.1) is 0 Å². The molecule has 154 valence electrons. The highest BCUT2D eigenvalue weighted by Crippen LogP contribution is 2.34. The molecule has 3 aromatic rings. The van der Waals surface area contributed by atoms with E-state index >= 15 is 0 Å². The van der Waals surface area contributed by atoms with Gasteiger partial charge in [-0.3, -0.25) is 9.78 Å². The van der Waals surface area contributed by atoms with Crippen LogP contribution in [0.15, 0.2) is 42.7 Å². The molecular weight excluding hydrogens is 414 g/mol. The Labute approximate surface area is 169 Å². The first-order chi connectivity index (χ1) is 13.7. The lowest BCUT2D eigenvalue weighted by Gasteiger charge is -2.22. The minimum Gasteiger partial charge on any atom is -0.343 e. The lowest BCUT2D eigenvalue weighted by atomic mass is 10.1. The standard InChI is InChI=1S/C19H21N3O5S2/c1-4-28(24,25)22(29(26,27)5-2)15-10-14(11-20-12-15)19-17(13-23)16-8-6-7-9-18(16)21(19)3/h6-13H,4-5H2,1-3H3. The van der Waals surface area contributed by atoms with Crippen molar-refractivity contribution < 1.29 is 21.6 Å². The van der Waals surface area contributed by atoms with E-state index < -0.39 is 20.0 Å². The Balaban J connectivity index is 2.30. The summed E-state index contributed by atoms with van der Waals surface area (Å²) in [6, 6.07) is 8.76. The third-order valence-electron chi connectivity index (χ3n) is 4.71. The van der Waals surface area contributed by atoms with Crippen LogP contribution in [0.4, 0.5) is 5.69 Å². The highest BCUT2D eigenvalue weighted by Gasteiger charge is 2.32. The zero-order chi connectivity index (χ0) is 21.4. The Morgan fingerprint density at radius 1 is 1.03 bits per heavy atom. The summed E-state index contributed by atoms with van der Waals surface area (Å²) in [6.07, 6.45) is 3.39. The minimum absolute atomic E-state index is 0.0895. The SMILES string of the molecule is CCS(=O)(=O)N(c1cncc(-c2c(C=O)c3ccccc3n2C)c1)S(=O)(=O)CC. The lowest BCUT2D eigenvalue weighted by Crippen LogP contribution is -2.39. The molecule has 0 atom stereocenters. The van der Waals surface area contributed by atoms with Crippen LogP contribution in [0, 0.1) is 0 Å². The van der Waals surface area contributed by atoms with Crippen LogP contribution in [-0.2, 0) is 27.1 Å². The Kier molecular flexibility index (Phi) is 5.50. The third-order valence-corrected chi connectivity index (χ3v) is 8.96. The average molecular weight is 436 g/mol. The van der Waals surface area contributed by atoms with Gasteiger partial charge in [0.05, 0.1) is 29.1 Å². The molecule has 0 aliphatic heterocycles. The van der Waals surface area contributed by atoms with Crippen molar-refractivity contribution in [2.45, 2.75) is 13.8 Å². The molecule has 2 aromatic heterocycles. The van der Waals surface area contributed by atoms with Crippen molar-refractivity contribution in [3.05, 3.63) is 48.3 Å². The van der Waals surface area contributed by atoms with Crippen molar-refractivity contribution in [3.63, 3.8) is 0 Å². The van der Waals surface area contributed by atoms with E-state index in [1.165, 1.54) is 32.3 Å². The molecule has 10 heteroatoms. The number of nitrogens with zero attached hydrogens (tertiary/aromatic N) is 3. The molecule has 0 unspecified atom stereocenters. The topological polar surface area (TPSA) is 106 Å². The van der Waals surface area contributed by atoms with Gasteiger partial charge in [0.1, 0.15) is 0 Å². The molecule has 29 heavy (non-hydrogen) atoms. The van der Waals surface area contributed by atoms with Crippen LogP contribution >= 0.6 is 0 Å². The number of sulfonamides is 2. The van der Waals surface area contributed by atoms with Crippen LogP contribution in [-0.4, -0.2) is 44.2 Å². The highest BCUT2D eigenvalue weighted by atomic mass is 32.3. The van der Waals surface area contributed by atoms with E-state index in [1.54, 1.807) is 11.6 Å². The lowest BCUT2D eigenvalue weighted by molar-refractivity contribution is 0.112. The summed E-state index contributed by atoms with van der Waals surface area (Å²) < 4.78 is 52.4. The normalized spacial score (nSPS) is 12.2. The van der Waals surface area contributed by atoms with E-state index in [0.717, 1.165) is 17.2 Å². The maximum atomic E-state index is 12.5. The number of anilines is 1. The van der Waals surface area contributed by atoms with Gasteiger partial charge in [0.15, 0.2) is 6.29 Å². The van der Waals surface area contributed by atoms with Crippen LogP contribution in [0.1, 0.15) is 24.2 Å². The van der Waals surface area contributed by atoms with E-state index in [-0.39, 0.29) is 17.2 Å². The molecule has 0 spiro atoms. The molecule has 0 N–H and O–H groups in total. The number of pyridine rings is 1. The van der Waals surface area contributed by atoms with Gasteiger partial charge in [0.2, 0.25) is 20.0 Å². The second-order valence-corrected chi connectivity index (χ2v) is 10.8. The number of hydrogen-bond donors (Lipinski definition) is 0. The zero-order valence-electron chi connectivity index (χ0n) is 16.2. The molecule has 2 heterocycles. The van der Waals surface area contributed by atoms with Gasteiger partial charge in [0, 0.05) is 35.3 Å². The predicted octanol–water partition coefficient (Wildman–Crippen LogP) is 2.56. The Morgan fingerprint density at radius 2 is 1.66 bits per heavy atom. The summed E-state index contributed by atoms with van der Waals surface area (Å²) in [5, 5.41) is 0.740. The molecule has 1 aromatic carbocycles. The zero-order valence-corrected chi connectivity index (χ0v) is 17.9. The van der Waals surface area contributed by atoms with Crippen LogP contribution in [0.25, 0.3) is 22.2 Å². The van der Waals surface area contributed by atoms with Crippen LogP contribution in [0.3, 0.4) is 0 Å². The molecule has 0 fully saturated rings. The first-order valence-corrected chi connectivity index (χ1v) is 12.1. The summed E-state index contributed by atoms with van der Waals surface area (Å²) >= 11 is 0. The van der Waals surface area contributed by atoms with Crippen LogP contribution in [0.2, 0.25) is 0 Å². The van der Waals surface area contributed by atoms with E-state index in [0.29, 0.717) is 20.5 Å². The maximum Gasteiger partial charge on any atom is 0.248 e. The highest BCUT2D eigenvalue weighted by molar-refractivity contribution is 8.10.